The summed E-state index contributed by atoms with van der Waals surface area (Å²) in [6, 6.07) is 10.6. The lowest BCUT2D eigenvalue weighted by atomic mass is 9.84. The lowest BCUT2D eigenvalue weighted by molar-refractivity contribution is -0.0864. The second kappa shape index (κ2) is 4.14. The van der Waals surface area contributed by atoms with E-state index in [1.165, 1.54) is 24.8 Å². The van der Waals surface area contributed by atoms with Crippen LogP contribution in [0, 0.1) is 0 Å². The van der Waals surface area contributed by atoms with Crippen LogP contribution < -0.4 is 0 Å². The summed E-state index contributed by atoms with van der Waals surface area (Å²) in [6.07, 6.45) is 4.77. The highest BCUT2D eigenvalue weighted by molar-refractivity contribution is 5.22. The first kappa shape index (κ1) is 9.72. The minimum Gasteiger partial charge on any atom is -0.370 e. The van der Waals surface area contributed by atoms with Crippen molar-refractivity contribution in [1.82, 2.24) is 0 Å². The quantitative estimate of drug-likeness (QED) is 0.693. The Kier molecular flexibility index (Phi) is 2.87. The van der Waals surface area contributed by atoms with Crippen molar-refractivity contribution in [1.29, 1.82) is 0 Å². The van der Waals surface area contributed by atoms with E-state index in [-0.39, 0.29) is 5.60 Å². The molecule has 14 heavy (non-hydrogen) atoms. The standard InChI is InChI=1S/C13H18O/c1-2-13(10-6-7-11-14-13)12-8-4-3-5-9-12/h3-5,8-9H,2,6-7,10-11H2,1H3. The SMILES string of the molecule is CCC1(c2ccccc2)CCCCO1. The summed E-state index contributed by atoms with van der Waals surface area (Å²) in [5.74, 6) is 0. The van der Waals surface area contributed by atoms with Crippen molar-refractivity contribution < 1.29 is 4.74 Å². The summed E-state index contributed by atoms with van der Waals surface area (Å²) in [5, 5.41) is 0. The van der Waals surface area contributed by atoms with Crippen molar-refractivity contribution in [3.05, 3.63) is 35.9 Å². The monoisotopic (exact) mass is 190 g/mol. The summed E-state index contributed by atoms with van der Waals surface area (Å²) in [4.78, 5) is 0. The highest BCUT2D eigenvalue weighted by atomic mass is 16.5. The minimum atomic E-state index is 0.0134. The van der Waals surface area contributed by atoms with Gasteiger partial charge in [-0.2, -0.15) is 0 Å². The molecule has 76 valence electrons. The molecule has 1 aliphatic rings. The third kappa shape index (κ3) is 1.69. The fourth-order valence-electron chi connectivity index (χ4n) is 2.30. The molecule has 0 radical (unpaired) electrons. The van der Waals surface area contributed by atoms with Gasteiger partial charge in [0.15, 0.2) is 0 Å². The van der Waals surface area contributed by atoms with E-state index < -0.39 is 0 Å². The zero-order valence-corrected chi connectivity index (χ0v) is 8.83. The highest BCUT2D eigenvalue weighted by Gasteiger charge is 2.32. The van der Waals surface area contributed by atoms with E-state index >= 15 is 0 Å². The summed E-state index contributed by atoms with van der Waals surface area (Å²) >= 11 is 0. The number of rotatable bonds is 2. The zero-order valence-electron chi connectivity index (χ0n) is 8.83. The van der Waals surface area contributed by atoms with Crippen LogP contribution in [0.1, 0.15) is 38.2 Å². The van der Waals surface area contributed by atoms with Crippen molar-refractivity contribution in [2.75, 3.05) is 6.61 Å². The largest absolute Gasteiger partial charge is 0.370 e. The van der Waals surface area contributed by atoms with Gasteiger partial charge in [0.05, 0.1) is 5.60 Å². The topological polar surface area (TPSA) is 9.23 Å². The van der Waals surface area contributed by atoms with Gasteiger partial charge in [-0.15, -0.1) is 0 Å². The van der Waals surface area contributed by atoms with E-state index in [1.54, 1.807) is 0 Å². The van der Waals surface area contributed by atoms with Crippen LogP contribution in [0.2, 0.25) is 0 Å². The summed E-state index contributed by atoms with van der Waals surface area (Å²) in [7, 11) is 0. The van der Waals surface area contributed by atoms with Gasteiger partial charge >= 0.3 is 0 Å². The van der Waals surface area contributed by atoms with E-state index in [2.05, 4.69) is 37.3 Å². The Morgan fingerprint density at radius 1 is 1.21 bits per heavy atom. The Morgan fingerprint density at radius 3 is 2.57 bits per heavy atom. The molecule has 1 heteroatoms. The van der Waals surface area contributed by atoms with Gasteiger partial charge in [-0.3, -0.25) is 0 Å². The molecular weight excluding hydrogens is 172 g/mol. The van der Waals surface area contributed by atoms with Gasteiger partial charge in [-0.1, -0.05) is 37.3 Å². The maximum Gasteiger partial charge on any atom is 0.0928 e. The van der Waals surface area contributed by atoms with Crippen LogP contribution in [0.15, 0.2) is 30.3 Å². The van der Waals surface area contributed by atoms with E-state index in [4.69, 9.17) is 4.74 Å². The Bertz CT molecular complexity index is 273. The third-order valence-corrected chi connectivity index (χ3v) is 3.22. The van der Waals surface area contributed by atoms with Gasteiger partial charge in [-0.05, 0) is 31.2 Å². The van der Waals surface area contributed by atoms with Gasteiger partial charge in [0.25, 0.3) is 0 Å². The minimum absolute atomic E-state index is 0.0134. The zero-order chi connectivity index (χ0) is 9.86. The van der Waals surface area contributed by atoms with E-state index in [1.807, 2.05) is 0 Å². The molecule has 1 unspecified atom stereocenters. The van der Waals surface area contributed by atoms with Crippen LogP contribution in [0.3, 0.4) is 0 Å². The molecule has 2 rings (SSSR count). The van der Waals surface area contributed by atoms with Crippen LogP contribution in [0.4, 0.5) is 0 Å². The van der Waals surface area contributed by atoms with Gasteiger partial charge in [0, 0.05) is 6.61 Å². The van der Waals surface area contributed by atoms with Crippen LogP contribution in [0.25, 0.3) is 0 Å². The summed E-state index contributed by atoms with van der Waals surface area (Å²) < 4.78 is 6.00. The molecule has 1 aromatic carbocycles. The van der Waals surface area contributed by atoms with Gasteiger partial charge in [-0.25, -0.2) is 0 Å². The number of hydrogen-bond donors (Lipinski definition) is 0. The Balaban J connectivity index is 2.27. The van der Waals surface area contributed by atoms with Crippen LogP contribution >= 0.6 is 0 Å². The van der Waals surface area contributed by atoms with Crippen molar-refractivity contribution >= 4 is 0 Å². The van der Waals surface area contributed by atoms with Crippen molar-refractivity contribution in [3.63, 3.8) is 0 Å². The second-order valence-electron chi connectivity index (χ2n) is 4.02. The first-order chi connectivity index (χ1) is 6.87. The molecule has 0 aromatic heterocycles. The molecule has 1 saturated heterocycles. The first-order valence-corrected chi connectivity index (χ1v) is 5.57. The van der Waals surface area contributed by atoms with E-state index in [0.29, 0.717) is 0 Å². The molecule has 1 aliphatic heterocycles. The number of hydrogen-bond acceptors (Lipinski definition) is 1. The van der Waals surface area contributed by atoms with Crippen LogP contribution in [0.5, 0.6) is 0 Å². The number of benzene rings is 1. The molecule has 0 N–H and O–H groups in total. The Morgan fingerprint density at radius 2 is 2.00 bits per heavy atom. The number of ether oxygens (including phenoxy) is 1. The molecule has 0 aliphatic carbocycles. The molecule has 1 fully saturated rings. The molecular formula is C13H18O. The fraction of sp³-hybridized carbons (Fsp3) is 0.538. The molecule has 1 nitrogen and oxygen atoms in total. The van der Waals surface area contributed by atoms with E-state index in [0.717, 1.165) is 13.0 Å². The molecule has 0 amide bonds. The Hall–Kier alpha value is -0.820. The normalized spacial score (nSPS) is 27.5. The smallest absolute Gasteiger partial charge is 0.0928 e. The maximum atomic E-state index is 6.00. The summed E-state index contributed by atoms with van der Waals surface area (Å²) in [5.41, 5.74) is 1.36. The van der Waals surface area contributed by atoms with Crippen molar-refractivity contribution in [3.8, 4) is 0 Å². The van der Waals surface area contributed by atoms with Crippen molar-refractivity contribution in [2.24, 2.45) is 0 Å². The van der Waals surface area contributed by atoms with Gasteiger partial charge in [0.1, 0.15) is 0 Å². The lowest BCUT2D eigenvalue weighted by Gasteiger charge is -2.37. The van der Waals surface area contributed by atoms with Crippen molar-refractivity contribution in [2.45, 2.75) is 38.2 Å². The average Bonchev–Trinajstić information content (AvgIpc) is 2.31. The predicted molar refractivity (Wildman–Crippen MR) is 58.2 cm³/mol. The molecule has 0 spiro atoms. The molecule has 0 bridgehead atoms. The second-order valence-corrected chi connectivity index (χ2v) is 4.02. The third-order valence-electron chi connectivity index (χ3n) is 3.22. The van der Waals surface area contributed by atoms with Gasteiger partial charge < -0.3 is 4.74 Å². The van der Waals surface area contributed by atoms with Crippen LogP contribution in [-0.2, 0) is 10.3 Å². The first-order valence-electron chi connectivity index (χ1n) is 5.57. The van der Waals surface area contributed by atoms with Gasteiger partial charge in [0.2, 0.25) is 0 Å². The predicted octanol–water partition coefficient (Wildman–Crippen LogP) is 3.49. The molecule has 0 saturated carbocycles. The molecule has 1 aromatic rings. The maximum absolute atomic E-state index is 6.00. The average molecular weight is 190 g/mol. The summed E-state index contributed by atoms with van der Waals surface area (Å²) in [6.45, 7) is 3.14. The Labute approximate surface area is 86.1 Å². The molecule has 1 heterocycles. The van der Waals surface area contributed by atoms with Crippen LogP contribution in [-0.4, -0.2) is 6.61 Å². The lowest BCUT2D eigenvalue weighted by Crippen LogP contribution is -2.32. The highest BCUT2D eigenvalue weighted by Crippen LogP contribution is 2.37. The molecule has 1 atom stereocenters. The fourth-order valence-corrected chi connectivity index (χ4v) is 2.30. The van der Waals surface area contributed by atoms with E-state index in [9.17, 15) is 0 Å².